The molecule has 0 aliphatic heterocycles. The maximum atomic E-state index is 13.0. The van der Waals surface area contributed by atoms with Gasteiger partial charge < -0.3 is 4.74 Å². The standard InChI is InChI=1S/C21H26O4/c1-12(2)14-11-15(22)17-13(18(14)23)7-8-16-20(17,3)9-6-10-21(16,4)19(24)25-5/h7-8,11-12,16H,6,9-10H2,1-5H3/t16-,20+,21-/m1/s1. The first-order valence-corrected chi connectivity index (χ1v) is 8.99. The third kappa shape index (κ3) is 2.37. The highest BCUT2D eigenvalue weighted by atomic mass is 16.5. The molecule has 134 valence electrons. The number of fused-ring (bicyclic) bond motifs is 2. The van der Waals surface area contributed by atoms with Crippen molar-refractivity contribution < 1.29 is 19.1 Å². The van der Waals surface area contributed by atoms with Gasteiger partial charge in [0.2, 0.25) is 0 Å². The molecule has 0 radical (unpaired) electrons. The van der Waals surface area contributed by atoms with Crippen molar-refractivity contribution in [3.8, 4) is 0 Å². The van der Waals surface area contributed by atoms with Crippen molar-refractivity contribution in [3.63, 3.8) is 0 Å². The predicted octanol–water partition coefficient (Wildman–Crippen LogP) is 3.57. The Morgan fingerprint density at radius 1 is 1.24 bits per heavy atom. The van der Waals surface area contributed by atoms with Crippen molar-refractivity contribution >= 4 is 17.5 Å². The second kappa shape index (κ2) is 5.79. The number of ether oxygens (including phenoxy) is 1. The highest BCUT2D eigenvalue weighted by Crippen LogP contribution is 2.59. The number of Topliss-reactive ketones (excluding diaryl/α,β-unsaturated/α-hetero) is 1. The number of esters is 1. The van der Waals surface area contributed by atoms with Crippen LogP contribution in [-0.2, 0) is 19.1 Å². The zero-order valence-corrected chi connectivity index (χ0v) is 15.6. The van der Waals surface area contributed by atoms with Crippen LogP contribution in [0.2, 0.25) is 0 Å². The lowest BCUT2D eigenvalue weighted by Gasteiger charge is -2.52. The van der Waals surface area contributed by atoms with Crippen molar-refractivity contribution in [2.45, 2.75) is 47.0 Å². The summed E-state index contributed by atoms with van der Waals surface area (Å²) in [5, 5.41) is 0. The average Bonchev–Trinajstić information content (AvgIpc) is 2.56. The normalized spacial score (nSPS) is 34.6. The van der Waals surface area contributed by atoms with Crippen molar-refractivity contribution in [3.05, 3.63) is 34.9 Å². The van der Waals surface area contributed by atoms with Gasteiger partial charge in [-0.15, -0.1) is 0 Å². The summed E-state index contributed by atoms with van der Waals surface area (Å²) in [5.41, 5.74) is 0.481. The molecule has 0 amide bonds. The lowest BCUT2D eigenvalue weighted by atomic mass is 9.50. The molecule has 0 aromatic heterocycles. The van der Waals surface area contributed by atoms with Gasteiger partial charge in [0.25, 0.3) is 0 Å². The molecule has 3 atom stereocenters. The fourth-order valence-corrected chi connectivity index (χ4v) is 5.05. The van der Waals surface area contributed by atoms with Crippen molar-refractivity contribution in [2.75, 3.05) is 7.11 Å². The van der Waals surface area contributed by atoms with E-state index in [-0.39, 0.29) is 29.4 Å². The summed E-state index contributed by atoms with van der Waals surface area (Å²) in [6.45, 7) is 7.79. The Hall–Kier alpha value is -1.97. The van der Waals surface area contributed by atoms with Gasteiger partial charge in [-0.05, 0) is 31.8 Å². The molecule has 4 nitrogen and oxygen atoms in total. The quantitative estimate of drug-likeness (QED) is 0.568. The number of methoxy groups -OCH3 is 1. The van der Waals surface area contributed by atoms with Gasteiger partial charge in [-0.2, -0.15) is 0 Å². The molecule has 1 saturated carbocycles. The van der Waals surface area contributed by atoms with Crippen LogP contribution in [0.5, 0.6) is 0 Å². The molecule has 4 heteroatoms. The summed E-state index contributed by atoms with van der Waals surface area (Å²) >= 11 is 0. The van der Waals surface area contributed by atoms with Crippen LogP contribution < -0.4 is 0 Å². The SMILES string of the molecule is COC(=O)[C@]1(C)CCC[C@]2(C)C3=C(C=C[C@@H]12)C(=O)C(C(C)C)=CC3=O. The van der Waals surface area contributed by atoms with Crippen LogP contribution in [0.15, 0.2) is 34.9 Å². The van der Waals surface area contributed by atoms with Crippen LogP contribution in [-0.4, -0.2) is 24.6 Å². The van der Waals surface area contributed by atoms with Crippen molar-refractivity contribution in [1.29, 1.82) is 0 Å². The van der Waals surface area contributed by atoms with E-state index < -0.39 is 10.8 Å². The number of rotatable bonds is 2. The largest absolute Gasteiger partial charge is 0.469 e. The molecule has 0 N–H and O–H groups in total. The van der Waals surface area contributed by atoms with Gasteiger partial charge in [-0.1, -0.05) is 39.3 Å². The Kier molecular flexibility index (Phi) is 4.13. The number of hydrogen-bond acceptors (Lipinski definition) is 4. The average molecular weight is 342 g/mol. The first kappa shape index (κ1) is 17.8. The van der Waals surface area contributed by atoms with E-state index in [4.69, 9.17) is 4.74 Å². The molecular weight excluding hydrogens is 316 g/mol. The second-order valence-electron chi connectivity index (χ2n) is 8.25. The van der Waals surface area contributed by atoms with E-state index in [0.29, 0.717) is 16.7 Å². The molecule has 0 aromatic rings. The molecule has 0 heterocycles. The highest BCUT2D eigenvalue weighted by molar-refractivity contribution is 6.24. The Labute approximate surface area is 149 Å². The maximum Gasteiger partial charge on any atom is 0.312 e. The van der Waals surface area contributed by atoms with Crippen LogP contribution in [0, 0.1) is 22.7 Å². The minimum absolute atomic E-state index is 0.0103. The predicted molar refractivity (Wildman–Crippen MR) is 94.7 cm³/mol. The van der Waals surface area contributed by atoms with Crippen LogP contribution in [0.3, 0.4) is 0 Å². The molecule has 3 aliphatic carbocycles. The van der Waals surface area contributed by atoms with Gasteiger partial charge in [0.15, 0.2) is 11.6 Å². The fourth-order valence-electron chi connectivity index (χ4n) is 5.05. The minimum Gasteiger partial charge on any atom is -0.469 e. The van der Waals surface area contributed by atoms with Gasteiger partial charge in [0.1, 0.15) is 0 Å². The third-order valence-corrected chi connectivity index (χ3v) is 6.37. The van der Waals surface area contributed by atoms with Gasteiger partial charge in [-0.3, -0.25) is 14.4 Å². The molecule has 0 unspecified atom stereocenters. The van der Waals surface area contributed by atoms with Gasteiger partial charge in [0, 0.05) is 28.1 Å². The smallest absolute Gasteiger partial charge is 0.312 e. The molecule has 1 fully saturated rings. The van der Waals surface area contributed by atoms with Gasteiger partial charge in [-0.25, -0.2) is 0 Å². The summed E-state index contributed by atoms with van der Waals surface area (Å²) in [6, 6.07) is 0. The summed E-state index contributed by atoms with van der Waals surface area (Å²) in [6.07, 6.45) is 7.58. The van der Waals surface area contributed by atoms with Crippen molar-refractivity contribution in [2.24, 2.45) is 22.7 Å². The monoisotopic (exact) mass is 342 g/mol. The van der Waals surface area contributed by atoms with Crippen LogP contribution in [0.1, 0.15) is 47.0 Å². The Bertz CT molecular complexity index is 752. The maximum absolute atomic E-state index is 13.0. The first-order chi connectivity index (χ1) is 11.7. The Morgan fingerprint density at radius 3 is 2.52 bits per heavy atom. The highest BCUT2D eigenvalue weighted by Gasteiger charge is 2.57. The Balaban J connectivity index is 2.12. The number of carbonyl (C=O) groups is 3. The molecule has 3 rings (SSSR count). The second-order valence-corrected chi connectivity index (χ2v) is 8.25. The number of allylic oxidation sites excluding steroid dienone is 6. The Morgan fingerprint density at radius 2 is 1.92 bits per heavy atom. The molecule has 0 bridgehead atoms. The molecule has 25 heavy (non-hydrogen) atoms. The first-order valence-electron chi connectivity index (χ1n) is 8.99. The van der Waals surface area contributed by atoms with E-state index in [2.05, 4.69) is 0 Å². The zero-order valence-electron chi connectivity index (χ0n) is 15.6. The van der Waals surface area contributed by atoms with E-state index in [1.807, 2.05) is 33.8 Å². The van der Waals surface area contributed by atoms with Crippen LogP contribution in [0.25, 0.3) is 0 Å². The lowest BCUT2D eigenvalue weighted by molar-refractivity contribution is -0.160. The lowest BCUT2D eigenvalue weighted by Crippen LogP contribution is -2.51. The van der Waals surface area contributed by atoms with Crippen LogP contribution in [0.4, 0.5) is 0 Å². The molecule has 0 saturated heterocycles. The van der Waals surface area contributed by atoms with Gasteiger partial charge >= 0.3 is 5.97 Å². The zero-order chi connectivity index (χ0) is 18.6. The number of carbonyl (C=O) groups excluding carboxylic acids is 3. The molecule has 0 aromatic carbocycles. The minimum atomic E-state index is -0.678. The van der Waals surface area contributed by atoms with Crippen molar-refractivity contribution in [1.82, 2.24) is 0 Å². The topological polar surface area (TPSA) is 60.4 Å². The van der Waals surface area contributed by atoms with Gasteiger partial charge in [0.05, 0.1) is 12.5 Å². The fraction of sp³-hybridized carbons (Fsp3) is 0.571. The number of ketones is 2. The molecule has 0 spiro atoms. The molecule has 3 aliphatic rings. The van der Waals surface area contributed by atoms with Crippen LogP contribution >= 0.6 is 0 Å². The van der Waals surface area contributed by atoms with E-state index in [0.717, 1.165) is 19.3 Å². The third-order valence-electron chi connectivity index (χ3n) is 6.37. The molecular formula is C21H26O4. The summed E-state index contributed by atoms with van der Waals surface area (Å²) < 4.78 is 5.07. The summed E-state index contributed by atoms with van der Waals surface area (Å²) in [7, 11) is 1.41. The van der Waals surface area contributed by atoms with E-state index in [1.54, 1.807) is 6.08 Å². The van der Waals surface area contributed by atoms with E-state index in [1.165, 1.54) is 13.2 Å². The van der Waals surface area contributed by atoms with E-state index in [9.17, 15) is 14.4 Å². The van der Waals surface area contributed by atoms with E-state index >= 15 is 0 Å². The number of hydrogen-bond donors (Lipinski definition) is 0. The summed E-state index contributed by atoms with van der Waals surface area (Å²) in [4.78, 5) is 38.4. The summed E-state index contributed by atoms with van der Waals surface area (Å²) in [5.74, 6) is -0.512.